The minimum absolute atomic E-state index is 0.335. The van der Waals surface area contributed by atoms with Crippen LogP contribution < -0.4 is 5.32 Å². The molecule has 0 radical (unpaired) electrons. The number of carbonyl (C=O) groups excluding carboxylic acids is 2. The molecule has 9 heteroatoms. The third-order valence-corrected chi connectivity index (χ3v) is 4.83. The van der Waals surface area contributed by atoms with Crippen molar-refractivity contribution in [1.82, 2.24) is 20.2 Å². The van der Waals surface area contributed by atoms with E-state index in [0.29, 0.717) is 28.7 Å². The number of ether oxygens (including phenoxy) is 1. The van der Waals surface area contributed by atoms with Crippen molar-refractivity contribution in [2.75, 3.05) is 13.7 Å². The maximum atomic E-state index is 14.6. The Balaban J connectivity index is 1.96. The number of methoxy groups -OCH3 is 1. The molecule has 0 saturated carbocycles. The Morgan fingerprint density at radius 1 is 1.50 bits per heavy atom. The van der Waals surface area contributed by atoms with Gasteiger partial charge in [0.2, 0.25) is 0 Å². The fourth-order valence-electron chi connectivity index (χ4n) is 3.04. The van der Waals surface area contributed by atoms with E-state index in [0.717, 1.165) is 5.69 Å². The summed E-state index contributed by atoms with van der Waals surface area (Å²) < 4.78 is 19.9. The van der Waals surface area contributed by atoms with Gasteiger partial charge in [-0.1, -0.05) is 22.0 Å². The minimum Gasteiger partial charge on any atom is -0.467 e. The Bertz CT molecular complexity index is 841. The van der Waals surface area contributed by atoms with Crippen molar-refractivity contribution in [2.24, 2.45) is 0 Å². The normalized spacial score (nSPS) is 17.4. The first-order chi connectivity index (χ1) is 12.4. The van der Waals surface area contributed by atoms with Gasteiger partial charge < -0.3 is 19.9 Å². The second-order valence-corrected chi connectivity index (χ2v) is 6.89. The molecule has 7 nitrogen and oxygen atoms in total. The molecular weight excluding hydrogens is 407 g/mol. The summed E-state index contributed by atoms with van der Waals surface area (Å²) in [5, 5.41) is 2.60. The van der Waals surface area contributed by atoms with Crippen LogP contribution in [0.4, 0.5) is 9.18 Å². The van der Waals surface area contributed by atoms with Gasteiger partial charge in [0.15, 0.2) is 0 Å². The van der Waals surface area contributed by atoms with E-state index in [1.54, 1.807) is 12.1 Å². The lowest BCUT2D eigenvalue weighted by Gasteiger charge is -2.35. The number of esters is 1. The van der Waals surface area contributed by atoms with Gasteiger partial charge in [-0.05, 0) is 19.1 Å². The molecule has 1 aliphatic rings. The number of aromatic nitrogens is 2. The summed E-state index contributed by atoms with van der Waals surface area (Å²) in [5.74, 6) is -0.999. The van der Waals surface area contributed by atoms with E-state index in [1.807, 2.05) is 0 Å². The molecule has 26 heavy (non-hydrogen) atoms. The number of nitrogens with one attached hydrogen (secondary N) is 2. The fourth-order valence-corrected chi connectivity index (χ4v) is 3.37. The molecule has 2 unspecified atom stereocenters. The molecule has 2 amide bonds. The van der Waals surface area contributed by atoms with E-state index in [2.05, 4.69) is 36.0 Å². The molecule has 0 fully saturated rings. The Hall–Kier alpha value is -2.42. The zero-order chi connectivity index (χ0) is 18.8. The lowest BCUT2D eigenvalue weighted by Crippen LogP contribution is -2.50. The number of nitrogens with zero attached hydrogens (tertiary/aromatic N) is 2. The summed E-state index contributed by atoms with van der Waals surface area (Å²) in [4.78, 5) is 33.2. The van der Waals surface area contributed by atoms with Crippen molar-refractivity contribution >= 4 is 27.9 Å². The van der Waals surface area contributed by atoms with Crippen LogP contribution in [0.15, 0.2) is 29.0 Å². The molecule has 2 N–H and O–H groups in total. The first-order valence-electron chi connectivity index (χ1n) is 8.04. The number of urea groups is 1. The van der Waals surface area contributed by atoms with Crippen molar-refractivity contribution < 1.29 is 18.7 Å². The second-order valence-electron chi connectivity index (χ2n) is 5.97. The number of carbonyl (C=O) groups is 2. The molecule has 2 aromatic rings. The highest BCUT2D eigenvalue weighted by molar-refractivity contribution is 9.10. The van der Waals surface area contributed by atoms with Gasteiger partial charge in [0.05, 0.1) is 19.1 Å². The molecule has 0 spiro atoms. The van der Waals surface area contributed by atoms with E-state index >= 15 is 0 Å². The third-order valence-electron chi connectivity index (χ3n) is 4.34. The third kappa shape index (κ3) is 3.44. The standard InChI is InChI=1S/C17H18BrFN4O3/c1-9(16(24)26-2)22-17(25)23-6-5-13-14(21-8-20-13)15(23)11-4-3-10(18)7-12(11)19/h3-4,7-9,15H,5-6H2,1-2H3,(H,20,21)(H,22,25). The maximum Gasteiger partial charge on any atom is 0.328 e. The molecular formula is C17H18BrFN4O3. The lowest BCUT2D eigenvalue weighted by atomic mass is 9.95. The summed E-state index contributed by atoms with van der Waals surface area (Å²) in [6.45, 7) is 1.89. The Labute approximate surface area is 158 Å². The van der Waals surface area contributed by atoms with Gasteiger partial charge in [0.1, 0.15) is 17.9 Å². The average Bonchev–Trinajstić information content (AvgIpc) is 3.09. The first-order valence-corrected chi connectivity index (χ1v) is 8.83. The number of rotatable bonds is 3. The molecule has 1 aromatic heterocycles. The molecule has 3 rings (SSSR count). The van der Waals surface area contributed by atoms with Crippen LogP contribution in [0.2, 0.25) is 0 Å². The zero-order valence-corrected chi connectivity index (χ0v) is 15.8. The zero-order valence-electron chi connectivity index (χ0n) is 14.3. The average molecular weight is 425 g/mol. The van der Waals surface area contributed by atoms with Crippen LogP contribution in [0, 0.1) is 5.82 Å². The highest BCUT2D eigenvalue weighted by Gasteiger charge is 2.36. The topological polar surface area (TPSA) is 87.3 Å². The van der Waals surface area contributed by atoms with Crippen LogP contribution in [-0.4, -0.2) is 46.6 Å². The van der Waals surface area contributed by atoms with Crippen molar-refractivity contribution in [3.63, 3.8) is 0 Å². The van der Waals surface area contributed by atoms with Crippen LogP contribution in [0.1, 0.15) is 29.9 Å². The second kappa shape index (κ2) is 7.45. The van der Waals surface area contributed by atoms with Gasteiger partial charge in [-0.2, -0.15) is 0 Å². The van der Waals surface area contributed by atoms with Crippen molar-refractivity contribution in [3.8, 4) is 0 Å². The maximum absolute atomic E-state index is 14.6. The van der Waals surface area contributed by atoms with Gasteiger partial charge >= 0.3 is 12.0 Å². The van der Waals surface area contributed by atoms with Gasteiger partial charge in [0.25, 0.3) is 0 Å². The number of amides is 2. The SMILES string of the molecule is COC(=O)C(C)NC(=O)N1CCc2[nH]cnc2C1c1ccc(Br)cc1F. The van der Waals surface area contributed by atoms with Crippen molar-refractivity contribution in [3.05, 3.63) is 51.8 Å². The molecule has 1 aromatic carbocycles. The Morgan fingerprint density at radius 3 is 2.96 bits per heavy atom. The molecule has 2 atom stereocenters. The first kappa shape index (κ1) is 18.4. The molecule has 0 bridgehead atoms. The van der Waals surface area contributed by atoms with Crippen molar-refractivity contribution in [2.45, 2.75) is 25.4 Å². The number of aromatic amines is 1. The summed E-state index contributed by atoms with van der Waals surface area (Å²) in [5.41, 5.74) is 1.79. The fraction of sp³-hybridized carbons (Fsp3) is 0.353. The largest absolute Gasteiger partial charge is 0.467 e. The number of hydrogen-bond acceptors (Lipinski definition) is 4. The quantitative estimate of drug-likeness (QED) is 0.741. The van der Waals surface area contributed by atoms with Gasteiger partial charge in [0, 0.05) is 28.7 Å². The number of halogens is 2. The monoisotopic (exact) mass is 424 g/mol. The highest BCUT2D eigenvalue weighted by atomic mass is 79.9. The molecule has 0 aliphatic carbocycles. The molecule has 1 aliphatic heterocycles. The van der Waals surface area contributed by atoms with E-state index in [-0.39, 0.29) is 0 Å². The van der Waals surface area contributed by atoms with E-state index < -0.39 is 29.9 Å². The summed E-state index contributed by atoms with van der Waals surface area (Å²) >= 11 is 3.24. The van der Waals surface area contributed by atoms with Crippen LogP contribution in [0.3, 0.4) is 0 Å². The number of H-pyrrole nitrogens is 1. The summed E-state index contributed by atoms with van der Waals surface area (Å²) in [6.07, 6.45) is 2.09. The number of hydrogen-bond donors (Lipinski definition) is 2. The highest BCUT2D eigenvalue weighted by Crippen LogP contribution is 2.35. The number of imidazole rings is 1. The summed E-state index contributed by atoms with van der Waals surface area (Å²) in [6, 6.07) is 2.70. The van der Waals surface area contributed by atoms with Gasteiger partial charge in [-0.15, -0.1) is 0 Å². The Morgan fingerprint density at radius 2 is 2.27 bits per heavy atom. The molecule has 0 saturated heterocycles. The van der Waals surface area contributed by atoms with E-state index in [1.165, 1.54) is 31.3 Å². The summed E-state index contributed by atoms with van der Waals surface area (Å²) in [7, 11) is 1.25. The van der Waals surface area contributed by atoms with Gasteiger partial charge in [-0.3, -0.25) is 0 Å². The van der Waals surface area contributed by atoms with Crippen LogP contribution >= 0.6 is 15.9 Å². The predicted molar refractivity (Wildman–Crippen MR) is 95.0 cm³/mol. The molecule has 138 valence electrons. The number of fused-ring (bicyclic) bond motifs is 1. The minimum atomic E-state index is -0.816. The van der Waals surface area contributed by atoms with Crippen molar-refractivity contribution in [1.29, 1.82) is 0 Å². The van der Waals surface area contributed by atoms with Crippen LogP contribution in [0.5, 0.6) is 0 Å². The predicted octanol–water partition coefficient (Wildman–Crippen LogP) is 2.53. The smallest absolute Gasteiger partial charge is 0.328 e. The van der Waals surface area contributed by atoms with E-state index in [4.69, 9.17) is 0 Å². The molecule has 2 heterocycles. The Kier molecular flexibility index (Phi) is 5.26. The lowest BCUT2D eigenvalue weighted by molar-refractivity contribution is -0.142. The van der Waals surface area contributed by atoms with Gasteiger partial charge in [-0.25, -0.2) is 19.0 Å². The van der Waals surface area contributed by atoms with E-state index in [9.17, 15) is 14.0 Å². The number of benzene rings is 1. The van der Waals surface area contributed by atoms with Crippen LogP contribution in [-0.2, 0) is 16.0 Å². The van der Waals surface area contributed by atoms with Crippen LogP contribution in [0.25, 0.3) is 0 Å².